The van der Waals surface area contributed by atoms with Gasteiger partial charge in [0.25, 0.3) is 5.91 Å². The molecule has 4 nitrogen and oxygen atoms in total. The monoisotopic (exact) mass is 323 g/mol. The third kappa shape index (κ3) is 2.73. The van der Waals surface area contributed by atoms with Crippen LogP contribution in [0.4, 0.5) is 10.1 Å². The minimum atomic E-state index is -0.306. The smallest absolute Gasteiger partial charge is 0.270 e. The topological polar surface area (TPSA) is 39.3 Å². The van der Waals surface area contributed by atoms with Crippen molar-refractivity contribution in [2.45, 2.75) is 0 Å². The summed E-state index contributed by atoms with van der Waals surface area (Å²) in [6.45, 7) is 2.98. The first-order valence-electron chi connectivity index (χ1n) is 8.08. The number of carbonyl (C=O) groups excluding carboxylic acids is 1. The van der Waals surface area contributed by atoms with Crippen molar-refractivity contribution < 1.29 is 9.18 Å². The number of H-pyrrole nitrogens is 1. The van der Waals surface area contributed by atoms with Crippen LogP contribution in [0, 0.1) is 5.82 Å². The van der Waals surface area contributed by atoms with Gasteiger partial charge >= 0.3 is 0 Å². The number of hydrogen-bond acceptors (Lipinski definition) is 2. The number of anilines is 1. The summed E-state index contributed by atoms with van der Waals surface area (Å²) in [4.78, 5) is 19.8. The van der Waals surface area contributed by atoms with Crippen molar-refractivity contribution in [3.63, 3.8) is 0 Å². The molecule has 1 amide bonds. The van der Waals surface area contributed by atoms with Crippen LogP contribution in [-0.2, 0) is 0 Å². The van der Waals surface area contributed by atoms with Crippen LogP contribution in [0.5, 0.6) is 0 Å². The molecule has 1 saturated heterocycles. The van der Waals surface area contributed by atoms with Crippen molar-refractivity contribution in [1.29, 1.82) is 0 Å². The summed E-state index contributed by atoms with van der Waals surface area (Å²) >= 11 is 0. The Bertz CT molecular complexity index is 867. The molecule has 0 radical (unpaired) electrons. The normalized spacial score (nSPS) is 15.0. The first-order valence-corrected chi connectivity index (χ1v) is 8.08. The number of halogens is 1. The lowest BCUT2D eigenvalue weighted by Crippen LogP contribution is -2.48. The van der Waals surface area contributed by atoms with Crippen molar-refractivity contribution in [2.75, 3.05) is 31.1 Å². The molecule has 1 aromatic heterocycles. The number of para-hydroxylation sites is 1. The maximum Gasteiger partial charge on any atom is 0.270 e. The van der Waals surface area contributed by atoms with Crippen LogP contribution in [0.2, 0.25) is 0 Å². The number of fused-ring (bicyclic) bond motifs is 1. The second-order valence-corrected chi connectivity index (χ2v) is 6.03. The fourth-order valence-corrected chi connectivity index (χ4v) is 3.19. The number of hydrogen-bond donors (Lipinski definition) is 1. The van der Waals surface area contributed by atoms with Crippen molar-refractivity contribution in [1.82, 2.24) is 9.88 Å². The Morgan fingerprint density at radius 3 is 2.46 bits per heavy atom. The zero-order valence-electron chi connectivity index (χ0n) is 13.2. The van der Waals surface area contributed by atoms with Crippen LogP contribution < -0.4 is 4.90 Å². The van der Waals surface area contributed by atoms with E-state index in [2.05, 4.69) is 22.0 Å². The van der Waals surface area contributed by atoms with Gasteiger partial charge < -0.3 is 14.8 Å². The second kappa shape index (κ2) is 6.00. The highest BCUT2D eigenvalue weighted by molar-refractivity contribution is 5.98. The maximum absolute atomic E-state index is 13.3. The zero-order chi connectivity index (χ0) is 16.5. The van der Waals surface area contributed by atoms with Gasteiger partial charge in [-0.25, -0.2) is 4.39 Å². The van der Waals surface area contributed by atoms with Gasteiger partial charge in [-0.2, -0.15) is 0 Å². The van der Waals surface area contributed by atoms with E-state index in [1.807, 2.05) is 23.1 Å². The Hall–Kier alpha value is -2.82. The first-order chi connectivity index (χ1) is 11.7. The number of carbonyl (C=O) groups is 1. The molecule has 122 valence electrons. The van der Waals surface area contributed by atoms with Crippen molar-refractivity contribution in [3.8, 4) is 0 Å². The molecule has 0 bridgehead atoms. The van der Waals surface area contributed by atoms with E-state index >= 15 is 0 Å². The molecular weight excluding hydrogens is 305 g/mol. The van der Waals surface area contributed by atoms with Gasteiger partial charge in [0.15, 0.2) is 0 Å². The first kappa shape index (κ1) is 14.8. The van der Waals surface area contributed by atoms with Crippen LogP contribution in [0.15, 0.2) is 54.6 Å². The number of aromatic amines is 1. The highest BCUT2D eigenvalue weighted by Gasteiger charge is 2.23. The van der Waals surface area contributed by atoms with E-state index in [1.165, 1.54) is 17.8 Å². The molecule has 1 fully saturated rings. The Balaban J connectivity index is 1.47. The molecule has 0 spiro atoms. The van der Waals surface area contributed by atoms with E-state index in [4.69, 9.17) is 0 Å². The molecular formula is C19H18FN3O. The third-order valence-corrected chi connectivity index (χ3v) is 4.50. The van der Waals surface area contributed by atoms with Crippen molar-refractivity contribution in [2.24, 2.45) is 0 Å². The fourth-order valence-electron chi connectivity index (χ4n) is 3.19. The second-order valence-electron chi connectivity index (χ2n) is 6.03. The highest BCUT2D eigenvalue weighted by Crippen LogP contribution is 2.20. The standard InChI is InChI=1S/C19H18FN3O/c20-15-7-6-14-12-18(21-17(14)13-15)19(24)23-10-8-22(9-11-23)16-4-2-1-3-5-16/h1-7,12-13,21H,8-11H2. The van der Waals surface area contributed by atoms with E-state index in [0.717, 1.165) is 18.5 Å². The molecule has 1 N–H and O–H groups in total. The molecule has 2 heterocycles. The number of nitrogens with one attached hydrogen (secondary N) is 1. The summed E-state index contributed by atoms with van der Waals surface area (Å²) < 4.78 is 13.3. The third-order valence-electron chi connectivity index (χ3n) is 4.50. The number of piperazine rings is 1. The number of benzene rings is 2. The van der Waals surface area contributed by atoms with Gasteiger partial charge in [0, 0.05) is 42.8 Å². The molecule has 24 heavy (non-hydrogen) atoms. The summed E-state index contributed by atoms with van der Waals surface area (Å²) in [5.41, 5.74) is 2.36. The number of nitrogens with zero attached hydrogens (tertiary/aromatic N) is 2. The largest absolute Gasteiger partial charge is 0.368 e. The maximum atomic E-state index is 13.3. The molecule has 5 heteroatoms. The average molecular weight is 323 g/mol. The molecule has 0 saturated carbocycles. The van der Waals surface area contributed by atoms with Gasteiger partial charge in [-0.3, -0.25) is 4.79 Å². The predicted molar refractivity (Wildman–Crippen MR) is 92.8 cm³/mol. The lowest BCUT2D eigenvalue weighted by molar-refractivity contribution is 0.0742. The molecule has 1 aliphatic rings. The Labute approximate surface area is 139 Å². The van der Waals surface area contributed by atoms with E-state index in [-0.39, 0.29) is 11.7 Å². The number of rotatable bonds is 2. The molecule has 0 atom stereocenters. The van der Waals surface area contributed by atoms with Crippen molar-refractivity contribution in [3.05, 3.63) is 66.1 Å². The highest BCUT2D eigenvalue weighted by atomic mass is 19.1. The van der Waals surface area contributed by atoms with Crippen LogP contribution >= 0.6 is 0 Å². The molecule has 2 aromatic carbocycles. The van der Waals surface area contributed by atoms with Crippen LogP contribution in [0.25, 0.3) is 10.9 Å². The van der Waals surface area contributed by atoms with Gasteiger partial charge in [0.1, 0.15) is 11.5 Å². The lowest BCUT2D eigenvalue weighted by atomic mass is 10.2. The van der Waals surface area contributed by atoms with E-state index in [0.29, 0.717) is 24.3 Å². The Morgan fingerprint density at radius 2 is 1.71 bits per heavy atom. The van der Waals surface area contributed by atoms with Gasteiger partial charge in [0.05, 0.1) is 0 Å². The molecule has 4 rings (SSSR count). The average Bonchev–Trinajstić information content (AvgIpc) is 3.05. The summed E-state index contributed by atoms with van der Waals surface area (Å²) in [6.07, 6.45) is 0. The van der Waals surface area contributed by atoms with Gasteiger partial charge in [-0.05, 0) is 36.4 Å². The minimum Gasteiger partial charge on any atom is -0.368 e. The predicted octanol–water partition coefficient (Wildman–Crippen LogP) is 3.27. The van der Waals surface area contributed by atoms with E-state index in [1.54, 1.807) is 12.1 Å². The van der Waals surface area contributed by atoms with Gasteiger partial charge in [0.2, 0.25) is 0 Å². The summed E-state index contributed by atoms with van der Waals surface area (Å²) in [7, 11) is 0. The summed E-state index contributed by atoms with van der Waals surface area (Å²) in [5, 5.41) is 0.850. The molecule has 0 aliphatic carbocycles. The molecule has 3 aromatic rings. The number of aromatic nitrogens is 1. The van der Waals surface area contributed by atoms with Crippen LogP contribution in [0.3, 0.4) is 0 Å². The minimum absolute atomic E-state index is 0.0284. The summed E-state index contributed by atoms with van der Waals surface area (Å²) in [6, 6.07) is 16.5. The lowest BCUT2D eigenvalue weighted by Gasteiger charge is -2.36. The van der Waals surface area contributed by atoms with E-state index in [9.17, 15) is 9.18 Å². The van der Waals surface area contributed by atoms with E-state index < -0.39 is 0 Å². The number of amides is 1. The molecule has 1 aliphatic heterocycles. The van der Waals surface area contributed by atoms with Gasteiger partial charge in [-0.15, -0.1) is 0 Å². The Morgan fingerprint density at radius 1 is 0.958 bits per heavy atom. The Kier molecular flexibility index (Phi) is 3.69. The van der Waals surface area contributed by atoms with Gasteiger partial charge in [-0.1, -0.05) is 18.2 Å². The SMILES string of the molecule is O=C(c1cc2ccc(F)cc2[nH]1)N1CCN(c2ccccc2)CC1. The molecule has 0 unspecified atom stereocenters. The summed E-state index contributed by atoms with van der Waals surface area (Å²) in [5.74, 6) is -0.334. The van der Waals surface area contributed by atoms with Crippen LogP contribution in [-0.4, -0.2) is 42.0 Å². The van der Waals surface area contributed by atoms with Crippen LogP contribution in [0.1, 0.15) is 10.5 Å². The zero-order valence-corrected chi connectivity index (χ0v) is 13.2. The van der Waals surface area contributed by atoms with Crippen molar-refractivity contribution >= 4 is 22.5 Å². The fraction of sp³-hybridized carbons (Fsp3) is 0.211. The quantitative estimate of drug-likeness (QED) is 0.786.